The Bertz CT molecular complexity index is 526. The zero-order chi connectivity index (χ0) is 18.8. The molecule has 0 aromatic heterocycles. The molecule has 0 heterocycles. The molecule has 0 aromatic rings. The normalized spacial score (nSPS) is 35.3. The van der Waals surface area contributed by atoms with Crippen molar-refractivity contribution in [2.24, 2.45) is 17.8 Å². The minimum atomic E-state index is -6.50. The Morgan fingerprint density at radius 2 is 1.28 bits per heavy atom. The van der Waals surface area contributed by atoms with Crippen LogP contribution in [0.3, 0.4) is 0 Å². The fraction of sp³-hybridized carbons (Fsp3) is 0.933. The summed E-state index contributed by atoms with van der Waals surface area (Å²) in [6, 6.07) is 0. The van der Waals surface area contributed by atoms with Gasteiger partial charge in [0, 0.05) is 5.54 Å². The van der Waals surface area contributed by atoms with Crippen LogP contribution in [-0.2, 0) is 4.79 Å². The van der Waals surface area contributed by atoms with Crippen LogP contribution in [0.4, 0.5) is 35.1 Å². The van der Waals surface area contributed by atoms with Gasteiger partial charge in [0.05, 0.1) is 0 Å². The molecule has 4 aliphatic rings. The lowest BCUT2D eigenvalue weighted by Crippen LogP contribution is -2.67. The van der Waals surface area contributed by atoms with E-state index in [0.29, 0.717) is 19.3 Å². The van der Waals surface area contributed by atoms with Gasteiger partial charge in [0.25, 0.3) is 5.91 Å². The Balaban J connectivity index is 1.80. The Kier molecular flexibility index (Phi) is 4.08. The fourth-order valence-electron chi connectivity index (χ4n) is 5.07. The molecular weight excluding hydrogens is 362 g/mol. The maximum Gasteiger partial charge on any atom is 0.392 e. The highest BCUT2D eigenvalue weighted by atomic mass is 19.4. The highest BCUT2D eigenvalue weighted by Gasteiger charge is 2.78. The predicted octanol–water partition coefficient (Wildman–Crippen LogP) is 4.24. The maximum absolute atomic E-state index is 13.8. The molecule has 0 aliphatic heterocycles. The van der Waals surface area contributed by atoms with Crippen molar-refractivity contribution in [3.8, 4) is 0 Å². The van der Waals surface area contributed by atoms with E-state index in [1.54, 1.807) is 0 Å². The average molecular weight is 379 g/mol. The van der Waals surface area contributed by atoms with Crippen molar-refractivity contribution in [1.29, 1.82) is 0 Å². The Morgan fingerprint density at radius 1 is 0.880 bits per heavy atom. The SMILES string of the molecule is O=C(NC12CC3CC(CC(C3)C1)C2)C(F)(F)C(F)(F)C(F)(F)C(F)F. The molecule has 4 saturated carbocycles. The third-order valence-corrected chi connectivity index (χ3v) is 5.79. The van der Waals surface area contributed by atoms with Gasteiger partial charge in [0.2, 0.25) is 0 Å². The van der Waals surface area contributed by atoms with E-state index in [0.717, 1.165) is 19.3 Å². The average Bonchev–Trinajstić information content (AvgIpc) is 2.44. The summed E-state index contributed by atoms with van der Waals surface area (Å²) < 4.78 is 104. The lowest BCUT2D eigenvalue weighted by molar-refractivity contribution is -0.328. The Morgan fingerprint density at radius 3 is 1.64 bits per heavy atom. The van der Waals surface area contributed by atoms with E-state index in [2.05, 4.69) is 0 Å². The summed E-state index contributed by atoms with van der Waals surface area (Å²) in [5.41, 5.74) is -1.13. The first-order chi connectivity index (χ1) is 11.3. The lowest BCUT2D eigenvalue weighted by Gasteiger charge is -2.57. The van der Waals surface area contributed by atoms with Crippen LogP contribution in [0.1, 0.15) is 38.5 Å². The van der Waals surface area contributed by atoms with Crippen molar-refractivity contribution in [3.63, 3.8) is 0 Å². The highest BCUT2D eigenvalue weighted by molar-refractivity contribution is 5.85. The summed E-state index contributed by atoms with van der Waals surface area (Å²) in [5, 5.41) is 1.83. The van der Waals surface area contributed by atoms with Crippen LogP contribution in [0, 0.1) is 17.8 Å². The van der Waals surface area contributed by atoms with E-state index in [-0.39, 0.29) is 17.8 Å². The molecule has 0 unspecified atom stereocenters. The first-order valence-electron chi connectivity index (χ1n) is 8.05. The van der Waals surface area contributed by atoms with Gasteiger partial charge in [-0.2, -0.15) is 26.3 Å². The third-order valence-electron chi connectivity index (χ3n) is 5.79. The van der Waals surface area contributed by atoms with E-state index < -0.39 is 35.6 Å². The van der Waals surface area contributed by atoms with Gasteiger partial charge in [0.1, 0.15) is 0 Å². The number of alkyl halides is 8. The van der Waals surface area contributed by atoms with Crippen LogP contribution in [0.15, 0.2) is 0 Å². The second kappa shape index (κ2) is 5.45. The maximum atomic E-state index is 13.8. The van der Waals surface area contributed by atoms with Crippen molar-refractivity contribution in [2.45, 2.75) is 68.3 Å². The van der Waals surface area contributed by atoms with Crippen LogP contribution < -0.4 is 5.32 Å². The number of carbonyl (C=O) groups excluding carboxylic acids is 1. The molecule has 4 bridgehead atoms. The van der Waals surface area contributed by atoms with Crippen LogP contribution >= 0.6 is 0 Å². The van der Waals surface area contributed by atoms with Gasteiger partial charge in [-0.3, -0.25) is 4.79 Å². The van der Waals surface area contributed by atoms with Crippen LogP contribution in [0.25, 0.3) is 0 Å². The molecule has 25 heavy (non-hydrogen) atoms. The summed E-state index contributed by atoms with van der Waals surface area (Å²) in [6.45, 7) is 0. The number of hydrogen-bond donors (Lipinski definition) is 1. The molecule has 0 aromatic carbocycles. The quantitative estimate of drug-likeness (QED) is 0.712. The highest BCUT2D eigenvalue weighted by Crippen LogP contribution is 2.56. The minimum Gasteiger partial charge on any atom is -0.345 e. The molecule has 0 atom stereocenters. The third kappa shape index (κ3) is 2.70. The molecule has 10 heteroatoms. The molecule has 1 amide bonds. The first kappa shape index (κ1) is 18.7. The fourth-order valence-corrected chi connectivity index (χ4v) is 5.07. The number of hydrogen-bond acceptors (Lipinski definition) is 1. The molecule has 2 nitrogen and oxygen atoms in total. The van der Waals surface area contributed by atoms with E-state index in [4.69, 9.17) is 0 Å². The van der Waals surface area contributed by atoms with Gasteiger partial charge in [-0.05, 0) is 56.3 Å². The van der Waals surface area contributed by atoms with Crippen molar-refractivity contribution >= 4 is 5.91 Å². The summed E-state index contributed by atoms with van der Waals surface area (Å²) >= 11 is 0. The number of nitrogens with one attached hydrogen (secondary N) is 1. The Labute approximate surface area is 138 Å². The molecule has 4 rings (SSSR count). The number of rotatable bonds is 5. The van der Waals surface area contributed by atoms with Crippen LogP contribution in [0.5, 0.6) is 0 Å². The Hall–Kier alpha value is -1.09. The largest absolute Gasteiger partial charge is 0.392 e. The summed E-state index contributed by atoms with van der Waals surface area (Å²) in [7, 11) is 0. The van der Waals surface area contributed by atoms with E-state index >= 15 is 0 Å². The second-order valence-electron chi connectivity index (χ2n) is 7.72. The standard InChI is InChI=1S/C15H17F8NO/c16-10(17)13(18,19)15(22,23)14(20,21)11(25)24-12-4-7-1-8(5-12)3-9(2-7)6-12/h7-10H,1-6H2,(H,24,25). The molecule has 0 spiro atoms. The van der Waals surface area contributed by atoms with E-state index in [9.17, 15) is 39.9 Å². The van der Waals surface area contributed by atoms with Crippen molar-refractivity contribution in [3.05, 3.63) is 0 Å². The summed E-state index contributed by atoms with van der Waals surface area (Å²) in [6.07, 6.45) is -1.48. The molecule has 144 valence electrons. The first-order valence-corrected chi connectivity index (χ1v) is 8.05. The molecule has 0 saturated heterocycles. The number of carbonyl (C=O) groups is 1. The molecule has 4 fully saturated rings. The van der Waals surface area contributed by atoms with Crippen LogP contribution in [-0.4, -0.2) is 35.6 Å². The van der Waals surface area contributed by atoms with Crippen molar-refractivity contribution in [1.82, 2.24) is 5.32 Å². The van der Waals surface area contributed by atoms with E-state index in [1.807, 2.05) is 5.32 Å². The van der Waals surface area contributed by atoms with Crippen molar-refractivity contribution in [2.75, 3.05) is 0 Å². The number of halogens is 8. The van der Waals surface area contributed by atoms with Gasteiger partial charge in [-0.15, -0.1) is 0 Å². The van der Waals surface area contributed by atoms with Gasteiger partial charge < -0.3 is 5.32 Å². The van der Waals surface area contributed by atoms with Crippen molar-refractivity contribution < 1.29 is 39.9 Å². The number of amides is 1. The van der Waals surface area contributed by atoms with Gasteiger partial charge in [-0.25, -0.2) is 8.78 Å². The summed E-state index contributed by atoms with van der Waals surface area (Å²) in [5.74, 6) is -20.9. The molecule has 4 aliphatic carbocycles. The zero-order valence-electron chi connectivity index (χ0n) is 13.0. The second-order valence-corrected chi connectivity index (χ2v) is 7.72. The smallest absolute Gasteiger partial charge is 0.345 e. The lowest BCUT2D eigenvalue weighted by atomic mass is 9.53. The van der Waals surface area contributed by atoms with Crippen LogP contribution in [0.2, 0.25) is 0 Å². The topological polar surface area (TPSA) is 29.1 Å². The minimum absolute atomic E-state index is 0.170. The summed E-state index contributed by atoms with van der Waals surface area (Å²) in [4.78, 5) is 11.7. The van der Waals surface area contributed by atoms with Gasteiger partial charge >= 0.3 is 24.2 Å². The molecule has 0 radical (unpaired) electrons. The molecular formula is C15H17F8NO. The molecule has 1 N–H and O–H groups in total. The van der Waals surface area contributed by atoms with Gasteiger partial charge in [0.15, 0.2) is 0 Å². The predicted molar refractivity (Wildman–Crippen MR) is 69.9 cm³/mol. The van der Waals surface area contributed by atoms with Gasteiger partial charge in [-0.1, -0.05) is 0 Å². The zero-order valence-corrected chi connectivity index (χ0v) is 13.0. The van der Waals surface area contributed by atoms with E-state index in [1.165, 1.54) is 0 Å². The monoisotopic (exact) mass is 379 g/mol.